The Balaban J connectivity index is 2.11. The molecule has 1 fully saturated rings. The van der Waals surface area contributed by atoms with Crippen LogP contribution in [-0.4, -0.2) is 46.0 Å². The summed E-state index contributed by atoms with van der Waals surface area (Å²) >= 11 is 2.67. The molecule has 1 rings (SSSR count). The second-order valence-corrected chi connectivity index (χ2v) is 14.1. The standard InChI is InChI=1S/C10H21SSeTe/c1-13-9-3-6-11-5-2-7-12-8-4-10-13/h2-10H2,1H3/q+1. The van der Waals surface area contributed by atoms with E-state index < -0.39 is 19.6 Å². The van der Waals surface area contributed by atoms with Crippen LogP contribution in [0, 0.1) is 0 Å². The van der Waals surface area contributed by atoms with Crippen molar-refractivity contribution >= 4 is 46.3 Å². The van der Waals surface area contributed by atoms with Crippen LogP contribution in [0.4, 0.5) is 0 Å². The predicted molar refractivity (Wildman–Crippen MR) is 67.8 cm³/mol. The Bertz CT molecular complexity index is 109. The Morgan fingerprint density at radius 3 is 2.62 bits per heavy atom. The molecule has 0 bridgehead atoms. The van der Waals surface area contributed by atoms with E-state index in [1.54, 1.807) is 26.0 Å². The molecule has 0 radical (unpaired) electrons. The number of hydrogen-bond donors (Lipinski definition) is 0. The predicted octanol–water partition coefficient (Wildman–Crippen LogP) is 3.57. The molecule has 0 aromatic carbocycles. The average Bonchev–Trinajstić information content (AvgIpc) is 2.11. The van der Waals surface area contributed by atoms with Crippen molar-refractivity contribution in [2.45, 2.75) is 43.8 Å². The minimum atomic E-state index is -0.536. The van der Waals surface area contributed by atoms with E-state index in [1.807, 2.05) is 0 Å². The van der Waals surface area contributed by atoms with Crippen molar-refractivity contribution in [1.29, 1.82) is 0 Å². The molecule has 1 heterocycles. The van der Waals surface area contributed by atoms with Crippen molar-refractivity contribution in [3.63, 3.8) is 0 Å². The summed E-state index contributed by atoms with van der Waals surface area (Å²) in [5.74, 6) is 2.90. The zero-order chi connectivity index (χ0) is 9.36. The van der Waals surface area contributed by atoms with Gasteiger partial charge in [0.15, 0.2) is 0 Å². The van der Waals surface area contributed by atoms with Gasteiger partial charge in [-0.05, 0) is 0 Å². The summed E-state index contributed by atoms with van der Waals surface area (Å²) in [6.45, 7) is 0. The second kappa shape index (κ2) is 8.93. The topological polar surface area (TPSA) is 0 Å². The van der Waals surface area contributed by atoms with Crippen LogP contribution in [0.5, 0.6) is 0 Å². The Labute approximate surface area is 101 Å². The fourth-order valence-electron chi connectivity index (χ4n) is 1.38. The molecule has 0 N–H and O–H groups in total. The molecule has 13 heavy (non-hydrogen) atoms. The zero-order valence-corrected chi connectivity index (χ0v) is 13.4. The summed E-state index contributed by atoms with van der Waals surface area (Å²) < 4.78 is 3.30. The molecule has 0 saturated carbocycles. The maximum atomic E-state index is 2.60. The van der Waals surface area contributed by atoms with Gasteiger partial charge in [0.25, 0.3) is 0 Å². The molecular formula is C10H21SSeTe+. The Kier molecular flexibility index (Phi) is 8.74. The summed E-state index contributed by atoms with van der Waals surface area (Å²) in [7, 11) is 0. The van der Waals surface area contributed by atoms with Gasteiger partial charge in [0.1, 0.15) is 0 Å². The van der Waals surface area contributed by atoms with Crippen molar-refractivity contribution < 1.29 is 0 Å². The molecule has 1 aliphatic rings. The van der Waals surface area contributed by atoms with Gasteiger partial charge in [0.2, 0.25) is 0 Å². The normalized spacial score (nSPS) is 24.7. The fraction of sp³-hybridized carbons (Fsp3) is 1.00. The molecule has 0 atom stereocenters. The summed E-state index contributed by atoms with van der Waals surface area (Å²) in [6.07, 6.45) is 4.61. The Morgan fingerprint density at radius 1 is 1.00 bits per heavy atom. The molecule has 1 aliphatic heterocycles. The molecule has 0 aliphatic carbocycles. The Hall–Kier alpha value is 1.66. The average molecular weight is 380 g/mol. The SMILES string of the molecule is C[Te+]1CCCSCCC[Se]CCC1. The van der Waals surface area contributed by atoms with Crippen LogP contribution < -0.4 is 0 Å². The van der Waals surface area contributed by atoms with Crippen molar-refractivity contribution in [3.05, 3.63) is 0 Å². The number of rotatable bonds is 0. The summed E-state index contributed by atoms with van der Waals surface area (Å²) in [6, 6.07) is 0. The van der Waals surface area contributed by atoms with E-state index in [4.69, 9.17) is 0 Å². The van der Waals surface area contributed by atoms with Gasteiger partial charge in [-0.15, -0.1) is 0 Å². The van der Waals surface area contributed by atoms with Gasteiger partial charge in [0.05, 0.1) is 0 Å². The Morgan fingerprint density at radius 2 is 1.69 bits per heavy atom. The summed E-state index contributed by atoms with van der Waals surface area (Å²) in [5, 5.41) is 3.14. The third-order valence-corrected chi connectivity index (χ3v) is 11.3. The van der Waals surface area contributed by atoms with Crippen LogP contribution in [0.2, 0.25) is 24.5 Å². The number of hydrogen-bond acceptors (Lipinski definition) is 1. The first kappa shape index (κ1) is 12.7. The maximum absolute atomic E-state index is 2.60. The van der Waals surface area contributed by atoms with Gasteiger partial charge < -0.3 is 0 Å². The molecule has 78 valence electrons. The fourth-order valence-corrected chi connectivity index (χ4v) is 10.7. The van der Waals surface area contributed by atoms with Gasteiger partial charge in [-0.2, -0.15) is 0 Å². The third-order valence-electron chi connectivity index (χ3n) is 2.14. The van der Waals surface area contributed by atoms with Crippen LogP contribution >= 0.6 is 11.8 Å². The molecule has 0 spiro atoms. The monoisotopic (exact) mass is 383 g/mol. The van der Waals surface area contributed by atoms with E-state index in [0.717, 1.165) is 15.0 Å². The quantitative estimate of drug-likeness (QED) is 0.580. The van der Waals surface area contributed by atoms with Crippen LogP contribution in [0.15, 0.2) is 0 Å². The molecule has 1 saturated heterocycles. The van der Waals surface area contributed by atoms with Gasteiger partial charge in [-0.25, -0.2) is 0 Å². The van der Waals surface area contributed by atoms with E-state index in [1.165, 1.54) is 24.3 Å². The summed E-state index contributed by atoms with van der Waals surface area (Å²) in [5.41, 5.74) is 0. The molecule has 0 amide bonds. The van der Waals surface area contributed by atoms with E-state index in [9.17, 15) is 0 Å². The van der Waals surface area contributed by atoms with Crippen molar-refractivity contribution in [2.75, 3.05) is 11.5 Å². The van der Waals surface area contributed by atoms with Crippen LogP contribution in [0.1, 0.15) is 19.3 Å². The van der Waals surface area contributed by atoms with Gasteiger partial charge in [-0.3, -0.25) is 0 Å². The van der Waals surface area contributed by atoms with Crippen molar-refractivity contribution in [3.8, 4) is 0 Å². The van der Waals surface area contributed by atoms with Crippen molar-refractivity contribution in [2.24, 2.45) is 0 Å². The molecule has 0 aromatic heterocycles. The minimum absolute atomic E-state index is 0.536. The third kappa shape index (κ3) is 7.57. The van der Waals surface area contributed by atoms with Crippen LogP contribution in [0.25, 0.3) is 0 Å². The van der Waals surface area contributed by atoms with Crippen molar-refractivity contribution in [1.82, 2.24) is 0 Å². The van der Waals surface area contributed by atoms with Crippen LogP contribution in [0.3, 0.4) is 0 Å². The van der Waals surface area contributed by atoms with E-state index >= 15 is 0 Å². The molecule has 3 heteroatoms. The molecule has 0 unspecified atom stereocenters. The van der Waals surface area contributed by atoms with Gasteiger partial charge in [0, 0.05) is 0 Å². The molecular weight excluding hydrogens is 359 g/mol. The van der Waals surface area contributed by atoms with Gasteiger partial charge >= 0.3 is 102 Å². The zero-order valence-electron chi connectivity index (χ0n) is 8.59. The van der Waals surface area contributed by atoms with E-state index in [2.05, 4.69) is 16.7 Å². The first-order valence-corrected chi connectivity index (χ1v) is 14.3. The number of thioether (sulfide) groups is 1. The van der Waals surface area contributed by atoms with E-state index in [0.29, 0.717) is 0 Å². The van der Waals surface area contributed by atoms with E-state index in [-0.39, 0.29) is 0 Å². The summed E-state index contributed by atoms with van der Waals surface area (Å²) in [4.78, 5) is 2.60. The van der Waals surface area contributed by atoms with Gasteiger partial charge in [-0.1, -0.05) is 0 Å². The molecule has 0 nitrogen and oxygen atoms in total. The first-order chi connectivity index (χ1) is 6.39. The first-order valence-electron chi connectivity index (χ1n) is 5.14. The van der Waals surface area contributed by atoms with Crippen LogP contribution in [-0.2, 0) is 0 Å². The molecule has 0 aromatic rings. The second-order valence-electron chi connectivity index (χ2n) is 3.48.